The lowest BCUT2D eigenvalue weighted by Gasteiger charge is -2.18. The number of rotatable bonds is 6. The zero-order chi connectivity index (χ0) is 23.6. The van der Waals surface area contributed by atoms with Gasteiger partial charge in [-0.3, -0.25) is 4.79 Å². The topological polar surface area (TPSA) is 45.8 Å². The van der Waals surface area contributed by atoms with Gasteiger partial charge in [-0.25, -0.2) is 4.98 Å². The van der Waals surface area contributed by atoms with Gasteiger partial charge >= 0.3 is 0 Å². The minimum Gasteiger partial charge on any atom is -0.346 e. The van der Waals surface area contributed by atoms with Crippen molar-refractivity contribution in [2.24, 2.45) is 0 Å². The molecule has 0 saturated carbocycles. The third kappa shape index (κ3) is 6.44. The van der Waals surface area contributed by atoms with E-state index in [1.807, 2.05) is 18.3 Å². The van der Waals surface area contributed by atoms with Crippen LogP contribution in [-0.2, 0) is 11.2 Å². The molecule has 0 atom stereocenters. The van der Waals surface area contributed by atoms with Crippen molar-refractivity contribution in [3.05, 3.63) is 121 Å². The van der Waals surface area contributed by atoms with Crippen molar-refractivity contribution in [1.82, 2.24) is 9.97 Å². The minimum absolute atomic E-state index is 0.174. The van der Waals surface area contributed by atoms with Gasteiger partial charge in [0.15, 0.2) is 5.12 Å². The van der Waals surface area contributed by atoms with Gasteiger partial charge < -0.3 is 4.98 Å². The number of nitrogens with one attached hydrogen (secondary N) is 1. The molecule has 0 unspecified atom stereocenters. The average Bonchev–Trinajstić information content (AvgIpc) is 3.30. The number of aromatic amines is 1. The van der Waals surface area contributed by atoms with Crippen LogP contribution in [0.5, 0.6) is 0 Å². The fourth-order valence-electron chi connectivity index (χ4n) is 3.70. The summed E-state index contributed by atoms with van der Waals surface area (Å²) in [6.45, 7) is 1.60. The van der Waals surface area contributed by atoms with Crippen LogP contribution in [0.1, 0.15) is 12.5 Å². The van der Waals surface area contributed by atoms with Crippen molar-refractivity contribution in [3.8, 4) is 0 Å². The summed E-state index contributed by atoms with van der Waals surface area (Å²) in [5.74, 6) is 0.831. The van der Waals surface area contributed by atoms with Crippen LogP contribution in [0.3, 0.4) is 0 Å². The molecule has 0 bridgehead atoms. The molecular formula is C29H27N2OPS. The molecule has 0 aliphatic carbocycles. The molecule has 2 aromatic heterocycles. The third-order valence-electron chi connectivity index (χ3n) is 5.26. The molecule has 0 fully saturated rings. The molecule has 5 aromatic rings. The normalized spacial score (nSPS) is 10.6. The van der Waals surface area contributed by atoms with E-state index in [0.717, 1.165) is 23.2 Å². The van der Waals surface area contributed by atoms with E-state index in [4.69, 9.17) is 0 Å². The fourth-order valence-corrected chi connectivity index (χ4v) is 6.62. The lowest BCUT2D eigenvalue weighted by Crippen LogP contribution is -2.20. The van der Waals surface area contributed by atoms with E-state index in [1.54, 1.807) is 13.1 Å². The van der Waals surface area contributed by atoms with E-state index in [9.17, 15) is 4.79 Å². The number of thioether (sulfide) groups is 1. The van der Waals surface area contributed by atoms with Gasteiger partial charge in [-0.05, 0) is 48.0 Å². The maximum absolute atomic E-state index is 10.8. The molecule has 0 radical (unpaired) electrons. The van der Waals surface area contributed by atoms with Crippen LogP contribution < -0.4 is 15.9 Å². The van der Waals surface area contributed by atoms with E-state index in [1.165, 1.54) is 33.2 Å². The second-order valence-electron chi connectivity index (χ2n) is 7.65. The fraction of sp³-hybridized carbons (Fsp3) is 0.103. The largest absolute Gasteiger partial charge is 0.346 e. The van der Waals surface area contributed by atoms with Gasteiger partial charge in [-0.15, -0.1) is 0 Å². The Morgan fingerprint density at radius 2 is 1.32 bits per heavy atom. The molecule has 1 N–H and O–H groups in total. The number of hydrogen-bond acceptors (Lipinski definition) is 3. The maximum atomic E-state index is 10.8. The van der Waals surface area contributed by atoms with Gasteiger partial charge in [0, 0.05) is 30.5 Å². The first-order valence-electron chi connectivity index (χ1n) is 11.2. The van der Waals surface area contributed by atoms with Crippen LogP contribution in [-0.4, -0.2) is 20.8 Å². The zero-order valence-electron chi connectivity index (χ0n) is 19.1. The number of nitrogens with zero attached hydrogens (tertiary/aromatic N) is 1. The van der Waals surface area contributed by atoms with E-state index in [0.29, 0.717) is 0 Å². The van der Waals surface area contributed by atoms with Crippen LogP contribution >= 0.6 is 19.7 Å². The molecule has 2 heterocycles. The summed E-state index contributed by atoms with van der Waals surface area (Å²) < 4.78 is 0. The second kappa shape index (κ2) is 12.3. The molecular weight excluding hydrogens is 455 g/mol. The smallest absolute Gasteiger partial charge is 0.185 e. The van der Waals surface area contributed by atoms with E-state index < -0.39 is 7.92 Å². The Morgan fingerprint density at radius 1 is 0.794 bits per heavy atom. The van der Waals surface area contributed by atoms with E-state index >= 15 is 0 Å². The number of fused-ring (bicyclic) bond motifs is 1. The zero-order valence-corrected chi connectivity index (χ0v) is 20.8. The summed E-state index contributed by atoms with van der Waals surface area (Å²) in [5, 5.41) is 5.52. The van der Waals surface area contributed by atoms with E-state index in [2.05, 4.69) is 101 Å². The minimum atomic E-state index is -0.446. The van der Waals surface area contributed by atoms with Gasteiger partial charge in [-0.1, -0.05) is 103 Å². The van der Waals surface area contributed by atoms with Crippen LogP contribution in [0.4, 0.5) is 0 Å². The van der Waals surface area contributed by atoms with Crippen molar-refractivity contribution in [1.29, 1.82) is 0 Å². The van der Waals surface area contributed by atoms with Crippen LogP contribution in [0.2, 0.25) is 0 Å². The Kier molecular flexibility index (Phi) is 8.67. The van der Waals surface area contributed by atoms with Crippen LogP contribution in [0, 0.1) is 0 Å². The Morgan fingerprint density at radius 3 is 1.82 bits per heavy atom. The van der Waals surface area contributed by atoms with Crippen molar-refractivity contribution in [2.75, 3.05) is 5.75 Å². The van der Waals surface area contributed by atoms with Crippen molar-refractivity contribution < 1.29 is 4.79 Å². The number of aromatic nitrogens is 2. The number of benzene rings is 3. The van der Waals surface area contributed by atoms with E-state index in [-0.39, 0.29) is 5.12 Å². The highest BCUT2D eigenvalue weighted by atomic mass is 32.2. The van der Waals surface area contributed by atoms with Gasteiger partial charge in [0.05, 0.1) is 0 Å². The molecule has 0 aliphatic heterocycles. The van der Waals surface area contributed by atoms with Crippen LogP contribution in [0.25, 0.3) is 11.0 Å². The Balaban J connectivity index is 0.000000166. The summed E-state index contributed by atoms with van der Waals surface area (Å²) in [6, 6.07) is 36.3. The first kappa shape index (κ1) is 23.9. The second-order valence-corrected chi connectivity index (χ2v) is 11.1. The maximum Gasteiger partial charge on any atom is 0.185 e. The molecule has 3 aromatic carbocycles. The molecule has 0 amide bonds. The molecule has 5 rings (SSSR count). The number of hydrogen-bond donors (Lipinski definition) is 1. The lowest BCUT2D eigenvalue weighted by atomic mass is 10.2. The molecule has 3 nitrogen and oxygen atoms in total. The molecule has 0 saturated heterocycles. The lowest BCUT2D eigenvalue weighted by molar-refractivity contribution is -0.109. The summed E-state index contributed by atoms with van der Waals surface area (Å²) in [5.41, 5.74) is 2.15. The highest BCUT2D eigenvalue weighted by Gasteiger charge is 2.15. The summed E-state index contributed by atoms with van der Waals surface area (Å²) >= 11 is 1.36. The van der Waals surface area contributed by atoms with Gasteiger partial charge in [-0.2, -0.15) is 0 Å². The molecule has 0 spiro atoms. The first-order valence-corrected chi connectivity index (χ1v) is 13.5. The molecule has 34 heavy (non-hydrogen) atoms. The SMILES string of the molecule is CC(=O)SCCc1c[nH]c2ncccc12.c1ccc(P(c2ccccc2)c2ccccc2)cc1. The van der Waals surface area contributed by atoms with Crippen molar-refractivity contribution in [3.63, 3.8) is 0 Å². The van der Waals surface area contributed by atoms with Crippen LogP contribution in [0.15, 0.2) is 116 Å². The standard InChI is InChI=1S/C18H15P.C11H12N2OS/c1-4-10-16(11-5-1)19(17-12-6-2-7-13-17)18-14-8-3-9-15-18;1-8(14)15-6-4-9-7-13-11-10(9)3-2-5-12-11/h1-15H;2-3,5,7H,4,6H2,1H3,(H,12,13). The number of aryl methyl sites for hydroxylation is 1. The monoisotopic (exact) mass is 482 g/mol. The highest BCUT2D eigenvalue weighted by Crippen LogP contribution is 2.32. The summed E-state index contributed by atoms with van der Waals surface area (Å²) in [7, 11) is -0.446. The third-order valence-corrected chi connectivity index (χ3v) is 8.52. The first-order chi connectivity index (χ1) is 16.7. The Hall–Kier alpha value is -3.20. The van der Waals surface area contributed by atoms with Crippen molar-refractivity contribution in [2.45, 2.75) is 13.3 Å². The summed E-state index contributed by atoms with van der Waals surface area (Å²) in [6.07, 6.45) is 4.64. The van der Waals surface area contributed by atoms with Gasteiger partial charge in [0.1, 0.15) is 5.65 Å². The number of carbonyl (C=O) groups is 1. The predicted octanol–water partition coefficient (Wildman–Crippen LogP) is 5.83. The summed E-state index contributed by atoms with van der Waals surface area (Å²) in [4.78, 5) is 18.1. The number of H-pyrrole nitrogens is 1. The number of pyridine rings is 1. The molecule has 0 aliphatic rings. The van der Waals surface area contributed by atoms with Gasteiger partial charge in [0.2, 0.25) is 0 Å². The molecule has 5 heteroatoms. The predicted molar refractivity (Wildman–Crippen MR) is 148 cm³/mol. The molecule has 170 valence electrons. The number of carbonyl (C=O) groups excluding carboxylic acids is 1. The Labute approximate surface area is 206 Å². The Bertz CT molecular complexity index is 1210. The quantitative estimate of drug-likeness (QED) is 0.310. The average molecular weight is 483 g/mol. The van der Waals surface area contributed by atoms with Gasteiger partial charge in [0.25, 0.3) is 0 Å². The highest BCUT2D eigenvalue weighted by molar-refractivity contribution is 8.13. The van der Waals surface area contributed by atoms with Crippen molar-refractivity contribution >= 4 is 51.7 Å².